The van der Waals surface area contributed by atoms with Gasteiger partial charge in [-0.2, -0.15) is 0 Å². The normalized spacial score (nSPS) is 9.92. The molecule has 0 spiro atoms. The third-order valence-electron chi connectivity index (χ3n) is 0.882. The van der Waals surface area contributed by atoms with Crippen molar-refractivity contribution < 1.29 is 22.9 Å². The van der Waals surface area contributed by atoms with E-state index in [1.165, 1.54) is 26.2 Å². The minimum Gasteiger partial charge on any atom is -0.351 e. The van der Waals surface area contributed by atoms with Crippen LogP contribution in [0, 0.1) is 0 Å². The molecule has 0 aliphatic carbocycles. The maximum absolute atomic E-state index is 10.7. The molecule has 0 saturated carbocycles. The summed E-state index contributed by atoms with van der Waals surface area (Å²) in [5.41, 5.74) is 0. The third kappa shape index (κ3) is 9.49. The fourth-order valence-corrected chi connectivity index (χ4v) is 0.671. The van der Waals surface area contributed by atoms with Crippen LogP contribution in [-0.2, 0) is 22.9 Å². The minimum atomic E-state index is -3.16. The highest BCUT2D eigenvalue weighted by Crippen LogP contribution is 2.46. The summed E-state index contributed by atoms with van der Waals surface area (Å²) in [6, 6.07) is 0. The smallest absolute Gasteiger partial charge is 0.351 e. The SMILES string of the molecule is CN(C)C=O.COP(=O)(OC)OC. The Labute approximate surface area is 78.4 Å². The Hall–Kier alpha value is -0.420. The van der Waals surface area contributed by atoms with Gasteiger partial charge in [-0.05, 0) is 0 Å². The molecule has 0 N–H and O–H groups in total. The summed E-state index contributed by atoms with van der Waals surface area (Å²) in [7, 11) is 3.99. The van der Waals surface area contributed by atoms with E-state index in [9.17, 15) is 9.36 Å². The van der Waals surface area contributed by atoms with Crippen LogP contribution < -0.4 is 0 Å². The van der Waals surface area contributed by atoms with Gasteiger partial charge in [-0.3, -0.25) is 18.4 Å². The molecular weight excluding hydrogens is 197 g/mol. The topological polar surface area (TPSA) is 65.1 Å². The largest absolute Gasteiger partial charge is 0.473 e. The maximum Gasteiger partial charge on any atom is 0.473 e. The van der Waals surface area contributed by atoms with Gasteiger partial charge in [0, 0.05) is 35.4 Å². The van der Waals surface area contributed by atoms with Crippen LogP contribution in [0.2, 0.25) is 0 Å². The van der Waals surface area contributed by atoms with Gasteiger partial charge in [-0.15, -0.1) is 0 Å². The molecule has 13 heavy (non-hydrogen) atoms. The van der Waals surface area contributed by atoms with Crippen LogP contribution in [0.4, 0.5) is 0 Å². The standard InChI is InChI=1S/C3H7NO.C3H9O4P/c1-4(2)3-5;1-5-8(4,6-2)7-3/h3H,1-2H3;1-3H3. The predicted octanol–water partition coefficient (Wildman–Crippen LogP) is 0.738. The van der Waals surface area contributed by atoms with Gasteiger partial charge in [0.1, 0.15) is 0 Å². The van der Waals surface area contributed by atoms with E-state index in [-0.39, 0.29) is 0 Å². The molecule has 7 heteroatoms. The average Bonchev–Trinajstić information content (AvgIpc) is 2.17. The van der Waals surface area contributed by atoms with Crippen molar-refractivity contribution in [1.29, 1.82) is 0 Å². The van der Waals surface area contributed by atoms with E-state index in [4.69, 9.17) is 0 Å². The van der Waals surface area contributed by atoms with E-state index >= 15 is 0 Å². The predicted molar refractivity (Wildman–Crippen MR) is 48.4 cm³/mol. The molecule has 0 aromatic carbocycles. The van der Waals surface area contributed by atoms with Crippen LogP contribution >= 0.6 is 7.82 Å². The summed E-state index contributed by atoms with van der Waals surface area (Å²) in [6.07, 6.45) is 0.750. The van der Waals surface area contributed by atoms with Crippen LogP contribution in [0.3, 0.4) is 0 Å². The summed E-state index contributed by atoms with van der Waals surface area (Å²) >= 11 is 0. The first-order valence-electron chi connectivity index (χ1n) is 3.34. The fraction of sp³-hybridized carbons (Fsp3) is 0.833. The zero-order valence-corrected chi connectivity index (χ0v) is 9.41. The van der Waals surface area contributed by atoms with Crippen molar-refractivity contribution >= 4 is 14.2 Å². The number of hydrogen-bond acceptors (Lipinski definition) is 5. The molecule has 0 aromatic heterocycles. The second kappa shape index (κ2) is 8.19. The highest BCUT2D eigenvalue weighted by molar-refractivity contribution is 7.48. The summed E-state index contributed by atoms with van der Waals surface area (Å²) in [5.74, 6) is 0. The monoisotopic (exact) mass is 213 g/mol. The van der Waals surface area contributed by atoms with E-state index in [1.54, 1.807) is 14.1 Å². The number of phosphoric ester groups is 1. The van der Waals surface area contributed by atoms with Crippen molar-refractivity contribution in [3.63, 3.8) is 0 Å². The summed E-state index contributed by atoms with van der Waals surface area (Å²) in [6.45, 7) is 0. The van der Waals surface area contributed by atoms with E-state index in [0.717, 1.165) is 6.41 Å². The second-order valence-electron chi connectivity index (χ2n) is 2.06. The lowest BCUT2D eigenvalue weighted by atomic mass is 11.0. The molecule has 1 amide bonds. The Balaban J connectivity index is 0. The summed E-state index contributed by atoms with van der Waals surface area (Å²) < 4.78 is 23.7. The van der Waals surface area contributed by atoms with E-state index in [2.05, 4.69) is 13.6 Å². The van der Waals surface area contributed by atoms with E-state index < -0.39 is 7.82 Å². The fourth-order valence-electron chi connectivity index (χ4n) is 0.224. The molecule has 0 atom stereocenters. The maximum atomic E-state index is 10.7. The van der Waals surface area contributed by atoms with Crippen molar-refractivity contribution in [2.24, 2.45) is 0 Å². The average molecular weight is 213 g/mol. The molecule has 0 aromatic rings. The van der Waals surface area contributed by atoms with E-state index in [0.29, 0.717) is 0 Å². The molecule has 0 aliphatic rings. The van der Waals surface area contributed by atoms with Crippen LogP contribution in [0.15, 0.2) is 0 Å². The molecule has 0 unspecified atom stereocenters. The Kier molecular flexibility index (Phi) is 9.50. The summed E-state index contributed by atoms with van der Waals surface area (Å²) in [4.78, 5) is 10.9. The van der Waals surface area contributed by atoms with Crippen LogP contribution in [0.5, 0.6) is 0 Å². The van der Waals surface area contributed by atoms with Gasteiger partial charge in [-0.1, -0.05) is 0 Å². The molecule has 0 aliphatic heterocycles. The molecule has 0 radical (unpaired) electrons. The van der Waals surface area contributed by atoms with Gasteiger partial charge in [0.05, 0.1) is 0 Å². The van der Waals surface area contributed by atoms with Gasteiger partial charge in [0.15, 0.2) is 0 Å². The molecule has 80 valence electrons. The molecule has 0 bridgehead atoms. The Morgan fingerprint density at radius 3 is 1.31 bits per heavy atom. The lowest BCUT2D eigenvalue weighted by molar-refractivity contribution is -0.115. The molecule has 0 saturated heterocycles. The zero-order chi connectivity index (χ0) is 10.9. The molecule has 0 rings (SSSR count). The van der Waals surface area contributed by atoms with Crippen molar-refractivity contribution in [2.45, 2.75) is 0 Å². The Bertz CT molecular complexity index is 153. The van der Waals surface area contributed by atoms with Crippen molar-refractivity contribution in [2.75, 3.05) is 35.4 Å². The number of rotatable bonds is 4. The zero-order valence-electron chi connectivity index (χ0n) is 8.51. The van der Waals surface area contributed by atoms with Crippen LogP contribution in [-0.4, -0.2) is 46.7 Å². The lowest BCUT2D eigenvalue weighted by Crippen LogP contribution is -2.06. The highest BCUT2D eigenvalue weighted by atomic mass is 31.2. The lowest BCUT2D eigenvalue weighted by Gasteiger charge is -2.08. The van der Waals surface area contributed by atoms with Crippen molar-refractivity contribution in [1.82, 2.24) is 4.90 Å². The summed E-state index contributed by atoms with van der Waals surface area (Å²) in [5, 5.41) is 0. The first-order valence-corrected chi connectivity index (χ1v) is 4.80. The molecule has 6 nitrogen and oxygen atoms in total. The number of carbonyl (C=O) groups excluding carboxylic acids is 1. The van der Waals surface area contributed by atoms with Gasteiger partial charge >= 0.3 is 7.82 Å². The van der Waals surface area contributed by atoms with Crippen molar-refractivity contribution in [3.8, 4) is 0 Å². The van der Waals surface area contributed by atoms with Gasteiger partial charge < -0.3 is 4.90 Å². The number of carbonyl (C=O) groups is 1. The van der Waals surface area contributed by atoms with Crippen molar-refractivity contribution in [3.05, 3.63) is 0 Å². The van der Waals surface area contributed by atoms with Crippen LogP contribution in [0.1, 0.15) is 0 Å². The third-order valence-corrected chi connectivity index (χ3v) is 2.22. The molecule has 0 fully saturated rings. The molecule has 0 heterocycles. The van der Waals surface area contributed by atoms with Gasteiger partial charge in [-0.25, -0.2) is 4.57 Å². The Morgan fingerprint density at radius 2 is 1.31 bits per heavy atom. The highest BCUT2D eigenvalue weighted by Gasteiger charge is 2.18. The number of hydrogen-bond donors (Lipinski definition) is 0. The second-order valence-corrected chi connectivity index (χ2v) is 4.05. The van der Waals surface area contributed by atoms with Gasteiger partial charge in [0.2, 0.25) is 6.41 Å². The van der Waals surface area contributed by atoms with Crippen LogP contribution in [0.25, 0.3) is 0 Å². The first-order chi connectivity index (χ1) is 5.95. The molecular formula is C6H16NO5P. The number of phosphoric acid groups is 1. The number of amides is 1. The quantitative estimate of drug-likeness (QED) is 0.509. The van der Waals surface area contributed by atoms with Gasteiger partial charge in [0.25, 0.3) is 0 Å². The minimum absolute atomic E-state index is 0.750. The van der Waals surface area contributed by atoms with E-state index in [1.807, 2.05) is 0 Å². The number of nitrogens with zero attached hydrogens (tertiary/aromatic N) is 1. The Morgan fingerprint density at radius 1 is 1.08 bits per heavy atom. The first kappa shape index (κ1) is 15.1.